The van der Waals surface area contributed by atoms with Gasteiger partial charge in [-0.2, -0.15) is 0 Å². The number of aromatic nitrogens is 1. The van der Waals surface area contributed by atoms with Crippen LogP contribution in [0.3, 0.4) is 0 Å². The quantitative estimate of drug-likeness (QED) is 0.513. The van der Waals surface area contributed by atoms with E-state index in [1.54, 1.807) is 30.6 Å². The molecule has 0 bridgehead atoms. The maximum atomic E-state index is 13.9. The molecule has 2 heterocycles. The Bertz CT molecular complexity index is 1130. The summed E-state index contributed by atoms with van der Waals surface area (Å²) in [4.78, 5) is 33.1. The fourth-order valence-corrected chi connectivity index (χ4v) is 4.19. The Balaban J connectivity index is 1.60. The van der Waals surface area contributed by atoms with Gasteiger partial charge < -0.3 is 15.0 Å². The van der Waals surface area contributed by atoms with Crippen molar-refractivity contribution >= 4 is 11.8 Å². The first-order valence-electron chi connectivity index (χ1n) is 11.6. The molecule has 2 aromatic carbocycles. The van der Waals surface area contributed by atoms with Gasteiger partial charge in [0.2, 0.25) is 5.91 Å². The first kappa shape index (κ1) is 23.2. The first-order chi connectivity index (χ1) is 16.7. The third-order valence-electron chi connectivity index (χ3n) is 5.85. The van der Waals surface area contributed by atoms with Crippen LogP contribution in [0, 0.1) is 0 Å². The molecular weight excluding hydrogens is 426 g/mol. The maximum absolute atomic E-state index is 13.9. The standard InChI is InChI=1S/C28H29N3O3/c1-2-34-24-14-8-12-22(19-24)27(32)30-25(18-21-10-4-3-5-11-21)28(33)31-17-7-6-15-26(31)23-13-9-16-29-20-23/h3-14,16,19-20,25-26H,2,15,17-18H2,1H3,(H,30,32)/t25-,26?/m0/s1. The van der Waals surface area contributed by atoms with E-state index in [1.807, 2.05) is 66.4 Å². The smallest absolute Gasteiger partial charge is 0.252 e. The number of carbonyl (C=O) groups excluding carboxylic acids is 2. The molecule has 174 valence electrons. The van der Waals surface area contributed by atoms with Gasteiger partial charge in [0, 0.05) is 30.9 Å². The van der Waals surface area contributed by atoms with Crippen LogP contribution in [0.15, 0.2) is 91.3 Å². The molecule has 2 atom stereocenters. The number of amides is 2. The van der Waals surface area contributed by atoms with Crippen LogP contribution >= 0.6 is 0 Å². The fraction of sp³-hybridized carbons (Fsp3) is 0.250. The highest BCUT2D eigenvalue weighted by molar-refractivity contribution is 5.98. The minimum atomic E-state index is -0.712. The van der Waals surface area contributed by atoms with Crippen LogP contribution in [0.25, 0.3) is 0 Å². The molecule has 1 aromatic heterocycles. The van der Waals surface area contributed by atoms with Gasteiger partial charge in [0.05, 0.1) is 12.6 Å². The van der Waals surface area contributed by atoms with Crippen molar-refractivity contribution in [2.75, 3.05) is 13.2 Å². The van der Waals surface area contributed by atoms with Gasteiger partial charge in [0.25, 0.3) is 5.91 Å². The summed E-state index contributed by atoms with van der Waals surface area (Å²) in [5.74, 6) is 0.205. The second-order valence-corrected chi connectivity index (χ2v) is 8.18. The summed E-state index contributed by atoms with van der Waals surface area (Å²) in [5, 5.41) is 2.99. The number of nitrogens with zero attached hydrogens (tertiary/aromatic N) is 2. The van der Waals surface area contributed by atoms with Gasteiger partial charge in [0.1, 0.15) is 11.8 Å². The van der Waals surface area contributed by atoms with Crippen molar-refractivity contribution in [3.8, 4) is 5.75 Å². The van der Waals surface area contributed by atoms with E-state index in [1.165, 1.54) is 0 Å². The van der Waals surface area contributed by atoms with Crippen LogP contribution in [0.2, 0.25) is 0 Å². The average Bonchev–Trinajstić information content (AvgIpc) is 2.89. The lowest BCUT2D eigenvalue weighted by molar-refractivity contribution is -0.135. The predicted molar refractivity (Wildman–Crippen MR) is 131 cm³/mol. The van der Waals surface area contributed by atoms with Crippen molar-refractivity contribution in [2.24, 2.45) is 0 Å². The van der Waals surface area contributed by atoms with Crippen molar-refractivity contribution < 1.29 is 14.3 Å². The van der Waals surface area contributed by atoms with E-state index in [0.717, 1.165) is 11.1 Å². The van der Waals surface area contributed by atoms with Crippen LogP contribution in [0.4, 0.5) is 0 Å². The summed E-state index contributed by atoms with van der Waals surface area (Å²) >= 11 is 0. The molecule has 0 saturated carbocycles. The molecule has 2 amide bonds. The summed E-state index contributed by atoms with van der Waals surface area (Å²) < 4.78 is 5.53. The number of carbonyl (C=O) groups is 2. The SMILES string of the molecule is CCOc1cccc(C(=O)N[C@@H](Cc2ccccc2)C(=O)N2CC=CCC2c2cccnc2)c1. The van der Waals surface area contributed by atoms with E-state index < -0.39 is 6.04 Å². The van der Waals surface area contributed by atoms with Crippen molar-refractivity contribution in [3.63, 3.8) is 0 Å². The normalized spacial score (nSPS) is 16.0. The van der Waals surface area contributed by atoms with Crippen molar-refractivity contribution in [2.45, 2.75) is 31.8 Å². The first-order valence-corrected chi connectivity index (χ1v) is 11.6. The Morgan fingerprint density at radius 2 is 1.94 bits per heavy atom. The van der Waals surface area contributed by atoms with E-state index in [0.29, 0.717) is 37.3 Å². The van der Waals surface area contributed by atoms with Gasteiger partial charge in [-0.25, -0.2) is 0 Å². The fourth-order valence-electron chi connectivity index (χ4n) is 4.19. The van der Waals surface area contributed by atoms with Gasteiger partial charge in [-0.1, -0.05) is 54.6 Å². The molecule has 6 heteroatoms. The molecule has 4 rings (SSSR count). The summed E-state index contributed by atoms with van der Waals surface area (Å²) in [5.41, 5.74) is 2.42. The second kappa shape index (κ2) is 11.3. The van der Waals surface area contributed by atoms with Gasteiger partial charge in [-0.05, 0) is 48.7 Å². The van der Waals surface area contributed by atoms with Gasteiger partial charge in [-0.15, -0.1) is 0 Å². The van der Waals surface area contributed by atoms with E-state index in [-0.39, 0.29) is 17.9 Å². The second-order valence-electron chi connectivity index (χ2n) is 8.18. The number of nitrogens with one attached hydrogen (secondary N) is 1. The lowest BCUT2D eigenvalue weighted by Gasteiger charge is -2.36. The Morgan fingerprint density at radius 3 is 2.71 bits per heavy atom. The highest BCUT2D eigenvalue weighted by Crippen LogP contribution is 2.28. The molecular formula is C28H29N3O3. The van der Waals surface area contributed by atoms with E-state index in [2.05, 4.69) is 16.4 Å². The molecule has 0 spiro atoms. The summed E-state index contributed by atoms with van der Waals surface area (Å²) in [6.07, 6.45) is 8.72. The molecule has 3 aromatic rings. The summed E-state index contributed by atoms with van der Waals surface area (Å²) in [7, 11) is 0. The van der Waals surface area contributed by atoms with Crippen LogP contribution in [-0.2, 0) is 11.2 Å². The third kappa shape index (κ3) is 5.70. The third-order valence-corrected chi connectivity index (χ3v) is 5.85. The average molecular weight is 456 g/mol. The molecule has 1 unspecified atom stereocenters. The Kier molecular flexibility index (Phi) is 7.71. The van der Waals surface area contributed by atoms with Crippen LogP contribution < -0.4 is 10.1 Å². The van der Waals surface area contributed by atoms with Gasteiger partial charge in [-0.3, -0.25) is 14.6 Å². The molecule has 1 aliphatic rings. The summed E-state index contributed by atoms with van der Waals surface area (Å²) in [6.45, 7) is 2.89. The van der Waals surface area contributed by atoms with Crippen molar-refractivity contribution in [1.29, 1.82) is 0 Å². The zero-order valence-electron chi connectivity index (χ0n) is 19.3. The molecule has 0 aliphatic carbocycles. The lowest BCUT2D eigenvalue weighted by Crippen LogP contribution is -2.51. The number of benzene rings is 2. The van der Waals surface area contributed by atoms with Crippen molar-refractivity contribution in [3.05, 3.63) is 108 Å². The van der Waals surface area contributed by atoms with E-state index >= 15 is 0 Å². The van der Waals surface area contributed by atoms with Crippen LogP contribution in [-0.4, -0.2) is 40.9 Å². The lowest BCUT2D eigenvalue weighted by atomic mass is 9.97. The Hall–Kier alpha value is -3.93. The van der Waals surface area contributed by atoms with Gasteiger partial charge in [0.15, 0.2) is 0 Å². The topological polar surface area (TPSA) is 71.5 Å². The minimum Gasteiger partial charge on any atom is -0.494 e. The minimum absolute atomic E-state index is 0.114. The Labute approximate surface area is 200 Å². The predicted octanol–water partition coefficient (Wildman–Crippen LogP) is 4.35. The zero-order valence-corrected chi connectivity index (χ0v) is 19.3. The van der Waals surface area contributed by atoms with Crippen molar-refractivity contribution in [1.82, 2.24) is 15.2 Å². The number of pyridine rings is 1. The number of hydrogen-bond donors (Lipinski definition) is 1. The number of ether oxygens (including phenoxy) is 1. The molecule has 1 aliphatic heterocycles. The molecule has 0 fully saturated rings. The zero-order chi connectivity index (χ0) is 23.8. The molecule has 0 radical (unpaired) electrons. The van der Waals surface area contributed by atoms with E-state index in [9.17, 15) is 9.59 Å². The molecule has 0 saturated heterocycles. The van der Waals surface area contributed by atoms with E-state index in [4.69, 9.17) is 4.74 Å². The summed E-state index contributed by atoms with van der Waals surface area (Å²) in [6, 6.07) is 19.8. The highest BCUT2D eigenvalue weighted by atomic mass is 16.5. The largest absolute Gasteiger partial charge is 0.494 e. The molecule has 34 heavy (non-hydrogen) atoms. The molecule has 6 nitrogen and oxygen atoms in total. The molecule has 1 N–H and O–H groups in total. The highest BCUT2D eigenvalue weighted by Gasteiger charge is 2.32. The van der Waals surface area contributed by atoms with Gasteiger partial charge >= 0.3 is 0 Å². The van der Waals surface area contributed by atoms with Crippen LogP contribution in [0.5, 0.6) is 5.75 Å². The maximum Gasteiger partial charge on any atom is 0.252 e. The number of rotatable bonds is 8. The number of hydrogen-bond acceptors (Lipinski definition) is 4. The monoisotopic (exact) mass is 455 g/mol. The van der Waals surface area contributed by atoms with Crippen LogP contribution in [0.1, 0.15) is 40.9 Å². The Morgan fingerprint density at radius 1 is 1.09 bits per heavy atom.